The fraction of sp³-hybridized carbons (Fsp3) is 0.250. The average Bonchev–Trinajstić information content (AvgIpc) is 2.85. The number of hydrogen-bond acceptors (Lipinski definition) is 4. The minimum absolute atomic E-state index is 0.466. The fourth-order valence-electron chi connectivity index (χ4n) is 2.58. The van der Waals surface area contributed by atoms with Crippen molar-refractivity contribution < 1.29 is 4.74 Å². The number of fused-ring (bicyclic) bond motifs is 1. The largest absolute Gasteiger partial charge is 0.496 e. The summed E-state index contributed by atoms with van der Waals surface area (Å²) in [5.74, 6) is 0.837. The number of methoxy groups -OCH3 is 1. The molecule has 9 heteroatoms. The van der Waals surface area contributed by atoms with Crippen LogP contribution in [-0.2, 0) is 13.2 Å². The first-order chi connectivity index (χ1) is 11.9. The van der Waals surface area contributed by atoms with Crippen molar-refractivity contribution in [3.8, 4) is 5.75 Å². The van der Waals surface area contributed by atoms with E-state index in [0.29, 0.717) is 33.7 Å². The van der Waals surface area contributed by atoms with Gasteiger partial charge in [0.25, 0.3) is 0 Å². The highest BCUT2D eigenvalue weighted by Crippen LogP contribution is 2.25. The van der Waals surface area contributed by atoms with Gasteiger partial charge in [-0.05, 0) is 43.5 Å². The third-order valence-electron chi connectivity index (χ3n) is 3.66. The lowest BCUT2D eigenvalue weighted by Gasteiger charge is -2.18. The summed E-state index contributed by atoms with van der Waals surface area (Å²) >= 11 is 21.2. The zero-order valence-electron chi connectivity index (χ0n) is 13.5. The Morgan fingerprint density at radius 2 is 2.08 bits per heavy atom. The molecule has 25 heavy (non-hydrogen) atoms. The molecule has 0 radical (unpaired) electrons. The molecule has 0 atom stereocenters. The Kier molecular flexibility index (Phi) is 5.70. The molecule has 0 unspecified atom stereocenters. The molecule has 0 bridgehead atoms. The molecule has 2 heterocycles. The van der Waals surface area contributed by atoms with Crippen molar-refractivity contribution in [2.24, 2.45) is 0 Å². The fourth-order valence-corrected chi connectivity index (χ4v) is 3.73. The third-order valence-corrected chi connectivity index (χ3v) is 5.04. The zero-order valence-corrected chi connectivity index (χ0v) is 17.5. The van der Waals surface area contributed by atoms with E-state index in [2.05, 4.69) is 25.9 Å². The Labute approximate surface area is 168 Å². The molecular formula is C16H15BrCl2N4OS. The number of aromatic nitrogens is 3. The summed E-state index contributed by atoms with van der Waals surface area (Å²) in [6.45, 7) is 1.18. The van der Waals surface area contributed by atoms with Gasteiger partial charge in [-0.2, -0.15) is 0 Å². The normalized spacial score (nSPS) is 11.4. The van der Waals surface area contributed by atoms with Crippen molar-refractivity contribution in [2.45, 2.75) is 13.2 Å². The molecule has 0 saturated heterocycles. The van der Waals surface area contributed by atoms with Crippen LogP contribution in [0.4, 0.5) is 0 Å². The molecule has 0 N–H and O–H groups in total. The number of pyridine rings is 1. The second-order valence-corrected chi connectivity index (χ2v) is 7.72. The van der Waals surface area contributed by atoms with Gasteiger partial charge in [0.05, 0.1) is 23.8 Å². The third kappa shape index (κ3) is 4.01. The van der Waals surface area contributed by atoms with Gasteiger partial charge in [0.15, 0.2) is 5.65 Å². The van der Waals surface area contributed by atoms with Crippen molar-refractivity contribution in [1.82, 2.24) is 19.1 Å². The van der Waals surface area contributed by atoms with Crippen LogP contribution in [-0.4, -0.2) is 33.2 Å². The van der Waals surface area contributed by atoms with Crippen molar-refractivity contribution in [3.05, 3.63) is 55.3 Å². The van der Waals surface area contributed by atoms with E-state index in [-0.39, 0.29) is 0 Å². The lowest BCUT2D eigenvalue weighted by molar-refractivity contribution is 0.241. The number of benzene rings is 1. The molecule has 0 fully saturated rings. The molecule has 2 aromatic heterocycles. The number of hydrogen-bond donors (Lipinski definition) is 0. The second-order valence-electron chi connectivity index (χ2n) is 5.59. The Bertz CT molecular complexity index is 988. The van der Waals surface area contributed by atoms with E-state index in [4.69, 9.17) is 40.2 Å². The molecular weight excluding hydrogens is 447 g/mol. The van der Waals surface area contributed by atoms with Crippen LogP contribution in [0.1, 0.15) is 5.56 Å². The minimum atomic E-state index is 0.466. The second kappa shape index (κ2) is 7.63. The van der Waals surface area contributed by atoms with Gasteiger partial charge in [0, 0.05) is 22.8 Å². The summed E-state index contributed by atoms with van der Waals surface area (Å²) in [6.07, 6.45) is 1.71. The van der Waals surface area contributed by atoms with E-state index >= 15 is 0 Å². The maximum Gasteiger partial charge on any atom is 0.203 e. The smallest absolute Gasteiger partial charge is 0.203 e. The zero-order chi connectivity index (χ0) is 18.1. The first-order valence-corrected chi connectivity index (χ1v) is 9.30. The standard InChI is InChI=1S/C16H15BrCl2N4OS/c1-21(7-10-5-11(17)3-4-14(10)24-2)9-23-16(25)22-8-12(18)6-13(19)15(22)20-23/h3-6,8H,7,9H2,1-2H3. The van der Waals surface area contributed by atoms with E-state index in [1.807, 2.05) is 25.2 Å². The molecule has 3 aromatic rings. The summed E-state index contributed by atoms with van der Waals surface area (Å²) in [5, 5.41) is 5.48. The van der Waals surface area contributed by atoms with E-state index in [1.54, 1.807) is 28.5 Å². The highest BCUT2D eigenvalue weighted by Gasteiger charge is 2.12. The molecule has 0 aliphatic carbocycles. The maximum absolute atomic E-state index is 6.21. The van der Waals surface area contributed by atoms with Crippen LogP contribution in [0.15, 0.2) is 34.9 Å². The first-order valence-electron chi connectivity index (χ1n) is 7.34. The SMILES string of the molecule is COc1ccc(Br)cc1CN(C)Cn1nc2c(Cl)cc(Cl)cn2c1=S. The Balaban J connectivity index is 1.87. The molecule has 5 nitrogen and oxygen atoms in total. The van der Waals surface area contributed by atoms with E-state index in [9.17, 15) is 0 Å². The Morgan fingerprint density at radius 1 is 1.32 bits per heavy atom. The van der Waals surface area contributed by atoms with Gasteiger partial charge < -0.3 is 4.74 Å². The van der Waals surface area contributed by atoms with Gasteiger partial charge >= 0.3 is 0 Å². The van der Waals surface area contributed by atoms with E-state index in [0.717, 1.165) is 15.8 Å². The monoisotopic (exact) mass is 460 g/mol. The topological polar surface area (TPSA) is 34.7 Å². The molecule has 3 rings (SSSR count). The van der Waals surface area contributed by atoms with Gasteiger partial charge in [-0.15, -0.1) is 5.10 Å². The van der Waals surface area contributed by atoms with E-state index < -0.39 is 0 Å². The number of nitrogens with zero attached hydrogens (tertiary/aromatic N) is 4. The predicted octanol–water partition coefficient (Wildman–Crippen LogP) is 5.03. The summed E-state index contributed by atoms with van der Waals surface area (Å²) in [4.78, 5) is 2.09. The number of halogens is 3. The Hall–Kier alpha value is -1.12. The van der Waals surface area contributed by atoms with Crippen LogP contribution in [0.25, 0.3) is 5.65 Å². The summed E-state index contributed by atoms with van der Waals surface area (Å²) in [6, 6.07) is 7.58. The minimum Gasteiger partial charge on any atom is -0.496 e. The first kappa shape index (κ1) is 18.7. The maximum atomic E-state index is 6.21. The van der Waals surface area contributed by atoms with Gasteiger partial charge in [0.1, 0.15) is 5.75 Å². The van der Waals surface area contributed by atoms with Crippen LogP contribution in [0.3, 0.4) is 0 Å². The molecule has 132 valence electrons. The number of rotatable bonds is 5. The lowest BCUT2D eigenvalue weighted by Crippen LogP contribution is -2.22. The summed E-state index contributed by atoms with van der Waals surface area (Å²) in [5.41, 5.74) is 1.65. The molecule has 0 spiro atoms. The predicted molar refractivity (Wildman–Crippen MR) is 106 cm³/mol. The molecule has 0 amide bonds. The molecule has 0 aliphatic heterocycles. The van der Waals surface area contributed by atoms with Crippen LogP contribution in [0.2, 0.25) is 10.0 Å². The van der Waals surface area contributed by atoms with Crippen LogP contribution >= 0.6 is 51.3 Å². The molecule has 0 saturated carbocycles. The number of ether oxygens (including phenoxy) is 1. The summed E-state index contributed by atoms with van der Waals surface area (Å²) in [7, 11) is 3.65. The van der Waals surface area contributed by atoms with Crippen molar-refractivity contribution in [2.75, 3.05) is 14.2 Å². The van der Waals surface area contributed by atoms with Gasteiger partial charge in [-0.3, -0.25) is 9.30 Å². The van der Waals surface area contributed by atoms with Crippen molar-refractivity contribution >= 4 is 57.0 Å². The van der Waals surface area contributed by atoms with Crippen molar-refractivity contribution in [1.29, 1.82) is 0 Å². The average molecular weight is 462 g/mol. The van der Waals surface area contributed by atoms with Crippen molar-refractivity contribution in [3.63, 3.8) is 0 Å². The molecule has 0 aliphatic rings. The molecule has 1 aromatic carbocycles. The van der Waals surface area contributed by atoms with Gasteiger partial charge in [-0.25, -0.2) is 4.68 Å². The summed E-state index contributed by atoms with van der Waals surface area (Å²) < 4.78 is 10.4. The lowest BCUT2D eigenvalue weighted by atomic mass is 10.2. The Morgan fingerprint density at radius 3 is 2.80 bits per heavy atom. The quantitative estimate of drug-likeness (QED) is 0.499. The van der Waals surface area contributed by atoms with Crippen LogP contribution in [0.5, 0.6) is 5.75 Å². The highest BCUT2D eigenvalue weighted by molar-refractivity contribution is 9.10. The van der Waals surface area contributed by atoms with Gasteiger partial charge in [0.2, 0.25) is 4.77 Å². The van der Waals surface area contributed by atoms with Crippen LogP contribution in [0, 0.1) is 4.77 Å². The highest BCUT2D eigenvalue weighted by atomic mass is 79.9. The van der Waals surface area contributed by atoms with Gasteiger partial charge in [-0.1, -0.05) is 39.1 Å². The van der Waals surface area contributed by atoms with Crippen LogP contribution < -0.4 is 4.74 Å². The van der Waals surface area contributed by atoms with E-state index in [1.165, 1.54) is 0 Å².